The predicted octanol–water partition coefficient (Wildman–Crippen LogP) is 4.76. The van der Waals surface area contributed by atoms with Gasteiger partial charge in [0, 0.05) is 10.9 Å². The van der Waals surface area contributed by atoms with Crippen molar-refractivity contribution in [2.75, 3.05) is 0 Å². The van der Waals surface area contributed by atoms with Crippen LogP contribution in [0.15, 0.2) is 52.9 Å². The first-order valence-corrected chi connectivity index (χ1v) is 6.58. The van der Waals surface area contributed by atoms with Crippen LogP contribution < -0.4 is 0 Å². The van der Waals surface area contributed by atoms with Gasteiger partial charge >= 0.3 is 0 Å². The minimum atomic E-state index is 0.269. The van der Waals surface area contributed by atoms with Crippen LogP contribution in [0.25, 0.3) is 22.3 Å². The first kappa shape index (κ1) is 11.8. The summed E-state index contributed by atoms with van der Waals surface area (Å²) < 4.78 is 5.85. The van der Waals surface area contributed by atoms with E-state index >= 15 is 0 Å². The second kappa shape index (κ2) is 4.81. The highest BCUT2D eigenvalue weighted by atomic mass is 16.3. The number of aryl methyl sites for hydroxylation is 1. The van der Waals surface area contributed by atoms with E-state index in [4.69, 9.17) is 4.42 Å². The molecule has 3 rings (SSSR count). The molecule has 0 unspecified atom stereocenters. The molecule has 0 saturated carbocycles. The van der Waals surface area contributed by atoms with Gasteiger partial charge in [0.25, 0.3) is 0 Å². The van der Waals surface area contributed by atoms with Crippen molar-refractivity contribution < 1.29 is 9.52 Å². The van der Waals surface area contributed by atoms with Gasteiger partial charge in [0.2, 0.25) is 0 Å². The van der Waals surface area contributed by atoms with Crippen LogP contribution in [0.4, 0.5) is 0 Å². The summed E-state index contributed by atoms with van der Waals surface area (Å²) >= 11 is 0. The van der Waals surface area contributed by atoms with Gasteiger partial charge in [0.15, 0.2) is 0 Å². The fraction of sp³-hybridized carbons (Fsp3) is 0.176. The van der Waals surface area contributed by atoms with E-state index in [1.807, 2.05) is 18.2 Å². The maximum atomic E-state index is 9.31. The molecule has 0 aliphatic heterocycles. The van der Waals surface area contributed by atoms with Crippen LogP contribution in [0.3, 0.4) is 0 Å². The summed E-state index contributed by atoms with van der Waals surface area (Å²) in [6, 6.07) is 15.5. The van der Waals surface area contributed by atoms with Gasteiger partial charge < -0.3 is 9.52 Å². The predicted molar refractivity (Wildman–Crippen MR) is 77.3 cm³/mol. The van der Waals surface area contributed by atoms with Gasteiger partial charge in [-0.3, -0.25) is 0 Å². The maximum Gasteiger partial charge on any atom is 0.135 e. The molecule has 19 heavy (non-hydrogen) atoms. The van der Waals surface area contributed by atoms with E-state index in [9.17, 15) is 5.11 Å². The minimum absolute atomic E-state index is 0.269. The summed E-state index contributed by atoms with van der Waals surface area (Å²) in [5.74, 6) is 1.11. The first-order valence-electron chi connectivity index (χ1n) is 6.58. The van der Waals surface area contributed by atoms with Crippen molar-refractivity contribution in [3.8, 4) is 17.1 Å². The van der Waals surface area contributed by atoms with E-state index in [1.165, 1.54) is 5.56 Å². The molecule has 0 amide bonds. The van der Waals surface area contributed by atoms with Crippen LogP contribution >= 0.6 is 0 Å². The van der Waals surface area contributed by atoms with Gasteiger partial charge in [-0.15, -0.1) is 0 Å². The van der Waals surface area contributed by atoms with Crippen molar-refractivity contribution in [2.24, 2.45) is 0 Å². The highest BCUT2D eigenvalue weighted by Gasteiger charge is 2.06. The van der Waals surface area contributed by atoms with Crippen LogP contribution in [0.2, 0.25) is 0 Å². The Kier molecular flexibility index (Phi) is 3.00. The van der Waals surface area contributed by atoms with Gasteiger partial charge in [0.1, 0.15) is 17.1 Å². The first-order chi connectivity index (χ1) is 9.26. The Hall–Kier alpha value is -2.22. The van der Waals surface area contributed by atoms with E-state index in [0.717, 1.165) is 35.1 Å². The van der Waals surface area contributed by atoms with Gasteiger partial charge in [-0.2, -0.15) is 0 Å². The number of rotatable bonds is 3. The van der Waals surface area contributed by atoms with E-state index in [1.54, 1.807) is 12.1 Å². The molecule has 0 fully saturated rings. The summed E-state index contributed by atoms with van der Waals surface area (Å²) in [5.41, 5.74) is 3.22. The largest absolute Gasteiger partial charge is 0.508 e. The number of hydrogen-bond acceptors (Lipinski definition) is 2. The molecule has 0 aliphatic carbocycles. The Bertz CT molecular complexity index is 693. The SMILES string of the molecule is CCCc1ccc2oc(-c3ccc(O)cc3)cc2c1. The molecular weight excluding hydrogens is 236 g/mol. The Balaban J connectivity index is 2.03. The highest BCUT2D eigenvalue weighted by Crippen LogP contribution is 2.29. The van der Waals surface area contributed by atoms with E-state index < -0.39 is 0 Å². The van der Waals surface area contributed by atoms with Crippen LogP contribution in [0.1, 0.15) is 18.9 Å². The zero-order chi connectivity index (χ0) is 13.2. The number of hydrogen-bond donors (Lipinski definition) is 1. The molecule has 0 spiro atoms. The lowest BCUT2D eigenvalue weighted by atomic mass is 10.1. The molecule has 3 aromatic rings. The van der Waals surface area contributed by atoms with Crippen LogP contribution in [-0.4, -0.2) is 5.11 Å². The lowest BCUT2D eigenvalue weighted by Gasteiger charge is -1.96. The van der Waals surface area contributed by atoms with Crippen molar-refractivity contribution in [3.05, 3.63) is 54.1 Å². The average Bonchev–Trinajstić information content (AvgIpc) is 2.83. The molecule has 2 nitrogen and oxygen atoms in total. The van der Waals surface area contributed by atoms with Gasteiger partial charge in [-0.05, 0) is 54.4 Å². The fourth-order valence-electron chi connectivity index (χ4n) is 2.30. The molecule has 2 aromatic carbocycles. The van der Waals surface area contributed by atoms with Gasteiger partial charge in [0.05, 0.1) is 0 Å². The third-order valence-corrected chi connectivity index (χ3v) is 3.27. The number of phenols is 1. The van der Waals surface area contributed by atoms with Crippen molar-refractivity contribution in [1.29, 1.82) is 0 Å². The summed E-state index contributed by atoms with van der Waals surface area (Å²) in [7, 11) is 0. The monoisotopic (exact) mass is 252 g/mol. The highest BCUT2D eigenvalue weighted by molar-refractivity contribution is 5.83. The van der Waals surface area contributed by atoms with Crippen molar-refractivity contribution in [1.82, 2.24) is 0 Å². The fourth-order valence-corrected chi connectivity index (χ4v) is 2.30. The van der Waals surface area contributed by atoms with Crippen LogP contribution in [0, 0.1) is 0 Å². The lowest BCUT2D eigenvalue weighted by molar-refractivity contribution is 0.475. The Morgan fingerprint density at radius 3 is 2.53 bits per heavy atom. The number of fused-ring (bicyclic) bond motifs is 1. The Labute approximate surface area is 112 Å². The minimum Gasteiger partial charge on any atom is -0.508 e. The smallest absolute Gasteiger partial charge is 0.135 e. The molecule has 0 saturated heterocycles. The van der Waals surface area contributed by atoms with Crippen molar-refractivity contribution in [2.45, 2.75) is 19.8 Å². The van der Waals surface area contributed by atoms with Gasteiger partial charge in [-0.1, -0.05) is 19.4 Å². The second-order valence-corrected chi connectivity index (χ2v) is 4.78. The normalized spacial score (nSPS) is 11.0. The third-order valence-electron chi connectivity index (χ3n) is 3.27. The van der Waals surface area contributed by atoms with Crippen molar-refractivity contribution >= 4 is 11.0 Å². The van der Waals surface area contributed by atoms with E-state index in [-0.39, 0.29) is 5.75 Å². The van der Waals surface area contributed by atoms with Gasteiger partial charge in [-0.25, -0.2) is 0 Å². The van der Waals surface area contributed by atoms with Crippen molar-refractivity contribution in [3.63, 3.8) is 0 Å². The summed E-state index contributed by atoms with van der Waals surface area (Å²) in [4.78, 5) is 0. The van der Waals surface area contributed by atoms with Crippen LogP contribution in [-0.2, 0) is 6.42 Å². The third kappa shape index (κ3) is 2.34. The Morgan fingerprint density at radius 1 is 1.00 bits per heavy atom. The number of aromatic hydroxyl groups is 1. The number of furan rings is 1. The number of benzene rings is 2. The summed E-state index contributed by atoms with van der Waals surface area (Å²) in [6.07, 6.45) is 2.24. The molecule has 2 heteroatoms. The average molecular weight is 252 g/mol. The zero-order valence-electron chi connectivity index (χ0n) is 10.9. The van der Waals surface area contributed by atoms with E-state index in [0.29, 0.717) is 0 Å². The second-order valence-electron chi connectivity index (χ2n) is 4.78. The molecule has 96 valence electrons. The molecular formula is C17H16O2. The molecule has 0 bridgehead atoms. The lowest BCUT2D eigenvalue weighted by Crippen LogP contribution is -1.80. The standard InChI is InChI=1S/C17H16O2/c1-2-3-12-4-9-16-14(10-12)11-17(19-16)13-5-7-15(18)8-6-13/h4-11,18H,2-3H2,1H3. The molecule has 0 aliphatic rings. The number of phenolic OH excluding ortho intramolecular Hbond substituents is 1. The quantitative estimate of drug-likeness (QED) is 0.729. The zero-order valence-corrected chi connectivity index (χ0v) is 10.9. The molecule has 1 aromatic heterocycles. The molecule has 0 atom stereocenters. The van der Waals surface area contributed by atoms with Crippen LogP contribution in [0.5, 0.6) is 5.75 Å². The maximum absolute atomic E-state index is 9.31. The Morgan fingerprint density at radius 2 is 1.79 bits per heavy atom. The summed E-state index contributed by atoms with van der Waals surface area (Å²) in [5, 5.41) is 10.4. The van der Waals surface area contributed by atoms with E-state index in [2.05, 4.69) is 25.1 Å². The topological polar surface area (TPSA) is 33.4 Å². The molecule has 1 heterocycles. The molecule has 1 N–H and O–H groups in total. The summed E-state index contributed by atoms with van der Waals surface area (Å²) in [6.45, 7) is 2.18. The molecule has 0 radical (unpaired) electrons.